The second-order valence-electron chi connectivity index (χ2n) is 8.53. The van der Waals surface area contributed by atoms with Crippen LogP contribution in [0.1, 0.15) is 54.8 Å². The Kier molecular flexibility index (Phi) is 6.48. The molecular weight excluding hydrogens is 402 g/mol. The van der Waals surface area contributed by atoms with Crippen LogP contribution < -0.4 is 5.32 Å². The summed E-state index contributed by atoms with van der Waals surface area (Å²) in [7, 11) is 0. The van der Waals surface area contributed by atoms with Crippen molar-refractivity contribution in [3.8, 4) is 0 Å². The van der Waals surface area contributed by atoms with E-state index in [2.05, 4.69) is 5.32 Å². The van der Waals surface area contributed by atoms with Crippen LogP contribution in [0.4, 0.5) is 5.69 Å². The molecule has 1 amide bonds. The highest BCUT2D eigenvalue weighted by atomic mass is 16.5. The quantitative estimate of drug-likeness (QED) is 0.504. The van der Waals surface area contributed by atoms with Gasteiger partial charge in [-0.3, -0.25) is 9.59 Å². The fraction of sp³-hybridized carbons (Fsp3) is 0.478. The van der Waals surface area contributed by atoms with Crippen LogP contribution in [-0.2, 0) is 19.1 Å². The summed E-state index contributed by atoms with van der Waals surface area (Å²) < 4.78 is 10.4. The maximum atomic E-state index is 13.0. The van der Waals surface area contributed by atoms with Gasteiger partial charge in [0.15, 0.2) is 0 Å². The highest BCUT2D eigenvalue weighted by molar-refractivity contribution is 6.01. The second kappa shape index (κ2) is 8.91. The van der Waals surface area contributed by atoms with Gasteiger partial charge in [-0.2, -0.15) is 0 Å². The lowest BCUT2D eigenvalue weighted by Crippen LogP contribution is -2.36. The number of carbonyl (C=O) groups excluding carboxylic acids is 3. The summed E-state index contributed by atoms with van der Waals surface area (Å²) in [5.41, 5.74) is 0.379. The molecule has 0 spiro atoms. The average molecular weight is 429 g/mol. The SMILES string of the molecule is CC(C)OC(=O)c1cc(NC(=O)[C@@H]2[C@H](C(=O)O)[C@H]3C=C[C@H]2C3)cc(C(=O)OC(C)C)c1. The lowest BCUT2D eigenvalue weighted by atomic mass is 9.82. The van der Waals surface area contributed by atoms with E-state index in [0.717, 1.165) is 0 Å². The van der Waals surface area contributed by atoms with Gasteiger partial charge in [-0.25, -0.2) is 9.59 Å². The minimum Gasteiger partial charge on any atom is -0.481 e. The van der Waals surface area contributed by atoms with E-state index in [-0.39, 0.29) is 40.9 Å². The lowest BCUT2D eigenvalue weighted by Gasteiger charge is -2.24. The zero-order valence-electron chi connectivity index (χ0n) is 18.0. The summed E-state index contributed by atoms with van der Waals surface area (Å²) in [4.78, 5) is 49.5. The molecule has 31 heavy (non-hydrogen) atoms. The van der Waals surface area contributed by atoms with E-state index >= 15 is 0 Å². The first kappa shape index (κ1) is 22.5. The van der Waals surface area contributed by atoms with Crippen LogP contribution in [0.25, 0.3) is 0 Å². The zero-order valence-corrected chi connectivity index (χ0v) is 18.0. The van der Waals surface area contributed by atoms with Gasteiger partial charge < -0.3 is 19.9 Å². The number of allylic oxidation sites excluding steroid dienone is 2. The molecule has 1 aromatic rings. The summed E-state index contributed by atoms with van der Waals surface area (Å²) >= 11 is 0. The number of rotatable bonds is 7. The van der Waals surface area contributed by atoms with Crippen molar-refractivity contribution in [3.63, 3.8) is 0 Å². The topological polar surface area (TPSA) is 119 Å². The predicted molar refractivity (Wildman–Crippen MR) is 112 cm³/mol. The van der Waals surface area contributed by atoms with Crippen molar-refractivity contribution >= 4 is 29.5 Å². The number of esters is 2. The van der Waals surface area contributed by atoms with Gasteiger partial charge in [-0.15, -0.1) is 0 Å². The molecule has 166 valence electrons. The van der Waals surface area contributed by atoms with Gasteiger partial charge in [0.2, 0.25) is 5.91 Å². The summed E-state index contributed by atoms with van der Waals surface area (Å²) in [5.74, 6) is -4.58. The maximum Gasteiger partial charge on any atom is 0.338 e. The fourth-order valence-electron chi connectivity index (χ4n) is 4.24. The number of amides is 1. The first-order chi connectivity index (χ1) is 14.6. The van der Waals surface area contributed by atoms with Gasteiger partial charge in [0, 0.05) is 5.69 Å². The minimum atomic E-state index is -1.01. The number of nitrogens with one attached hydrogen (secondary N) is 1. The molecule has 0 radical (unpaired) electrons. The summed E-state index contributed by atoms with van der Waals surface area (Å²) in [6, 6.07) is 4.17. The van der Waals surface area contributed by atoms with Crippen LogP contribution in [-0.4, -0.2) is 41.1 Å². The predicted octanol–water partition coefficient (Wildman–Crippen LogP) is 3.28. The van der Waals surface area contributed by atoms with Gasteiger partial charge in [-0.1, -0.05) is 12.2 Å². The molecule has 1 saturated carbocycles. The molecule has 8 nitrogen and oxygen atoms in total. The zero-order chi connectivity index (χ0) is 22.9. The van der Waals surface area contributed by atoms with Crippen LogP contribution in [0.15, 0.2) is 30.4 Å². The molecule has 2 aliphatic rings. The first-order valence-corrected chi connectivity index (χ1v) is 10.4. The molecule has 2 aliphatic carbocycles. The van der Waals surface area contributed by atoms with E-state index in [0.29, 0.717) is 6.42 Å². The van der Waals surface area contributed by atoms with Gasteiger partial charge in [0.05, 0.1) is 35.2 Å². The van der Waals surface area contributed by atoms with Crippen molar-refractivity contribution in [2.45, 2.75) is 46.3 Å². The van der Waals surface area contributed by atoms with Crippen molar-refractivity contribution in [3.05, 3.63) is 41.5 Å². The second-order valence-corrected chi connectivity index (χ2v) is 8.53. The highest BCUT2D eigenvalue weighted by Gasteiger charge is 2.51. The van der Waals surface area contributed by atoms with E-state index in [1.54, 1.807) is 27.7 Å². The smallest absolute Gasteiger partial charge is 0.338 e. The Morgan fingerprint density at radius 2 is 1.35 bits per heavy atom. The molecule has 0 unspecified atom stereocenters. The van der Waals surface area contributed by atoms with Gasteiger partial charge >= 0.3 is 17.9 Å². The van der Waals surface area contributed by atoms with Crippen LogP contribution in [0.3, 0.4) is 0 Å². The number of carboxylic acid groups (broad SMARTS) is 1. The van der Waals surface area contributed by atoms with Crippen LogP contribution in [0.2, 0.25) is 0 Å². The molecule has 1 fully saturated rings. The van der Waals surface area contributed by atoms with Crippen molar-refractivity contribution < 1.29 is 33.8 Å². The third kappa shape index (κ3) is 4.95. The van der Waals surface area contributed by atoms with Gasteiger partial charge in [0.1, 0.15) is 0 Å². The van der Waals surface area contributed by atoms with E-state index in [4.69, 9.17) is 9.47 Å². The minimum absolute atomic E-state index is 0.0878. The Labute approximate surface area is 180 Å². The van der Waals surface area contributed by atoms with Crippen molar-refractivity contribution in [2.24, 2.45) is 23.7 Å². The Balaban J connectivity index is 1.89. The fourth-order valence-corrected chi connectivity index (χ4v) is 4.24. The summed E-state index contributed by atoms with van der Waals surface area (Å²) in [6.45, 7) is 6.80. The van der Waals surface area contributed by atoms with Crippen LogP contribution in [0, 0.1) is 23.7 Å². The monoisotopic (exact) mass is 429 g/mol. The van der Waals surface area contributed by atoms with E-state index < -0.39 is 35.7 Å². The number of carboxylic acids is 1. The van der Waals surface area contributed by atoms with Crippen LogP contribution in [0.5, 0.6) is 0 Å². The number of fused-ring (bicyclic) bond motifs is 2. The molecule has 0 aliphatic heterocycles. The van der Waals surface area contributed by atoms with Gasteiger partial charge in [-0.05, 0) is 64.2 Å². The Bertz CT molecular complexity index is 894. The van der Waals surface area contributed by atoms with Gasteiger partial charge in [0.25, 0.3) is 0 Å². The molecule has 2 N–H and O–H groups in total. The summed E-state index contributed by atoms with van der Waals surface area (Å²) in [6.07, 6.45) is 3.64. The standard InChI is InChI=1S/C23H27NO7/c1-11(2)30-22(28)15-8-16(23(29)31-12(3)4)10-17(9-15)24-20(25)18-13-5-6-14(7-13)19(18)21(26)27/h5-6,8-14,18-19H,7H2,1-4H3,(H,24,25)(H,26,27)/t13-,14-,18-,19+/m0/s1. The largest absolute Gasteiger partial charge is 0.481 e. The first-order valence-electron chi connectivity index (χ1n) is 10.4. The number of aliphatic carboxylic acids is 1. The Morgan fingerprint density at radius 1 is 0.871 bits per heavy atom. The van der Waals surface area contributed by atoms with Crippen molar-refractivity contribution in [1.29, 1.82) is 0 Å². The number of anilines is 1. The van der Waals surface area contributed by atoms with E-state index in [1.807, 2.05) is 12.2 Å². The normalized spacial score (nSPS) is 23.8. The average Bonchev–Trinajstić information content (AvgIpc) is 3.28. The molecule has 4 atom stereocenters. The number of carbonyl (C=O) groups is 4. The Morgan fingerprint density at radius 3 is 1.81 bits per heavy atom. The molecule has 2 bridgehead atoms. The van der Waals surface area contributed by atoms with Crippen LogP contribution >= 0.6 is 0 Å². The maximum absolute atomic E-state index is 13.0. The number of benzene rings is 1. The van der Waals surface area contributed by atoms with E-state index in [1.165, 1.54) is 18.2 Å². The number of hydrogen-bond acceptors (Lipinski definition) is 6. The molecule has 8 heteroatoms. The molecule has 0 aromatic heterocycles. The Hall–Kier alpha value is -3.16. The third-order valence-electron chi connectivity index (χ3n) is 5.40. The third-order valence-corrected chi connectivity index (χ3v) is 5.40. The van der Waals surface area contributed by atoms with Crippen molar-refractivity contribution in [1.82, 2.24) is 0 Å². The summed E-state index contributed by atoms with van der Waals surface area (Å²) in [5, 5.41) is 12.3. The molecule has 1 aromatic carbocycles. The molecule has 0 saturated heterocycles. The number of ether oxygens (including phenoxy) is 2. The molecular formula is C23H27NO7. The van der Waals surface area contributed by atoms with Crippen molar-refractivity contribution in [2.75, 3.05) is 5.32 Å². The molecule has 3 rings (SSSR count). The lowest BCUT2D eigenvalue weighted by molar-refractivity contribution is -0.146. The number of hydrogen-bond donors (Lipinski definition) is 2. The highest BCUT2D eigenvalue weighted by Crippen LogP contribution is 2.48. The van der Waals surface area contributed by atoms with E-state index in [9.17, 15) is 24.3 Å². The molecule has 0 heterocycles.